The highest BCUT2D eigenvalue weighted by molar-refractivity contribution is 7.89. The highest BCUT2D eigenvalue weighted by Crippen LogP contribution is 2.29. The van der Waals surface area contributed by atoms with E-state index >= 15 is 0 Å². The molecule has 1 atom stereocenters. The Labute approximate surface area is 216 Å². The number of halogens is 3. The molecule has 192 valence electrons. The number of hydrogen-bond donors (Lipinski definition) is 3. The fraction of sp³-hybridized carbons (Fsp3) is 0.120. The fourth-order valence-corrected chi connectivity index (χ4v) is 4.88. The van der Waals surface area contributed by atoms with E-state index in [9.17, 15) is 27.1 Å². The molecule has 37 heavy (non-hydrogen) atoms. The van der Waals surface area contributed by atoms with Gasteiger partial charge < -0.3 is 10.4 Å². The summed E-state index contributed by atoms with van der Waals surface area (Å²) in [7, 11) is -4.23. The van der Waals surface area contributed by atoms with Crippen molar-refractivity contribution >= 4 is 27.5 Å². The number of amides is 1. The van der Waals surface area contributed by atoms with Crippen LogP contribution >= 0.6 is 11.6 Å². The molecule has 4 N–H and O–H groups in total. The maximum atomic E-state index is 14.7. The molecule has 0 aliphatic rings. The van der Waals surface area contributed by atoms with Crippen LogP contribution in [0.3, 0.4) is 0 Å². The van der Waals surface area contributed by atoms with Crippen LogP contribution in [-0.4, -0.2) is 35.8 Å². The maximum absolute atomic E-state index is 14.7. The lowest BCUT2D eigenvalue weighted by Gasteiger charge is -2.21. The van der Waals surface area contributed by atoms with Crippen molar-refractivity contribution in [2.75, 3.05) is 6.54 Å². The van der Waals surface area contributed by atoms with Crippen molar-refractivity contribution in [2.45, 2.75) is 17.2 Å². The summed E-state index contributed by atoms with van der Waals surface area (Å²) in [5, 5.41) is 22.3. The summed E-state index contributed by atoms with van der Waals surface area (Å²) in [4.78, 5) is 12.4. The molecule has 4 aromatic rings. The van der Waals surface area contributed by atoms with E-state index < -0.39 is 33.5 Å². The Morgan fingerprint density at radius 3 is 2.43 bits per heavy atom. The summed E-state index contributed by atoms with van der Waals surface area (Å²) < 4.78 is 55.4. The highest BCUT2D eigenvalue weighted by atomic mass is 35.5. The molecule has 1 unspecified atom stereocenters. The van der Waals surface area contributed by atoms with E-state index in [4.69, 9.17) is 16.7 Å². The Morgan fingerprint density at radius 2 is 1.81 bits per heavy atom. The fourth-order valence-electron chi connectivity index (χ4n) is 3.97. The number of primary sulfonamides is 1. The number of aromatic nitrogens is 2. The van der Waals surface area contributed by atoms with Crippen molar-refractivity contribution in [3.05, 3.63) is 106 Å². The van der Waals surface area contributed by atoms with Crippen molar-refractivity contribution in [1.82, 2.24) is 15.1 Å². The van der Waals surface area contributed by atoms with E-state index in [1.54, 1.807) is 18.2 Å². The number of sulfonamides is 1. The number of phenolic OH excluding ortho intramolecular Hbond substituents is 1. The molecule has 8 nitrogen and oxygen atoms in total. The zero-order chi connectivity index (χ0) is 26.7. The van der Waals surface area contributed by atoms with E-state index in [0.717, 1.165) is 12.1 Å². The first-order valence-corrected chi connectivity index (χ1v) is 12.8. The van der Waals surface area contributed by atoms with E-state index in [0.29, 0.717) is 5.56 Å². The topological polar surface area (TPSA) is 127 Å². The van der Waals surface area contributed by atoms with Gasteiger partial charge in [0.05, 0.1) is 22.5 Å². The normalized spacial score (nSPS) is 12.3. The SMILES string of the molecule is NS(=O)(=O)c1cc(CC(CNC(=O)c2ccccc2O)c2c(F)cccc2F)ccc1-n1cc(Cl)cn1. The minimum Gasteiger partial charge on any atom is -0.507 e. The first-order chi connectivity index (χ1) is 17.5. The van der Waals surface area contributed by atoms with Gasteiger partial charge in [0.2, 0.25) is 10.0 Å². The molecule has 3 aromatic carbocycles. The Hall–Kier alpha value is -3.80. The summed E-state index contributed by atoms with van der Waals surface area (Å²) >= 11 is 5.90. The number of rotatable bonds is 8. The molecule has 0 aliphatic heterocycles. The zero-order valence-electron chi connectivity index (χ0n) is 19.1. The van der Waals surface area contributed by atoms with Crippen LogP contribution in [0, 0.1) is 11.6 Å². The van der Waals surface area contributed by atoms with Gasteiger partial charge in [0, 0.05) is 24.2 Å². The molecular weight excluding hydrogens is 526 g/mol. The predicted octanol–water partition coefficient (Wildman–Crippen LogP) is 3.91. The molecule has 12 heteroatoms. The second-order valence-electron chi connectivity index (χ2n) is 8.21. The Kier molecular flexibility index (Phi) is 7.58. The van der Waals surface area contributed by atoms with Crippen molar-refractivity contribution in [3.63, 3.8) is 0 Å². The average Bonchev–Trinajstić information content (AvgIpc) is 3.28. The number of nitrogens with zero attached hydrogens (tertiary/aromatic N) is 2. The molecule has 0 aliphatic carbocycles. The van der Waals surface area contributed by atoms with Crippen LogP contribution in [0.15, 0.2) is 78.0 Å². The van der Waals surface area contributed by atoms with Crippen LogP contribution in [0.2, 0.25) is 5.02 Å². The number of hydrogen-bond acceptors (Lipinski definition) is 5. The third kappa shape index (κ3) is 5.96. The lowest BCUT2D eigenvalue weighted by atomic mass is 9.90. The van der Waals surface area contributed by atoms with Crippen LogP contribution in [0.4, 0.5) is 8.78 Å². The number of nitrogens with two attached hydrogens (primary N) is 1. The highest BCUT2D eigenvalue weighted by Gasteiger charge is 2.24. The average molecular weight is 547 g/mol. The number of aromatic hydroxyl groups is 1. The van der Waals surface area contributed by atoms with Crippen molar-refractivity contribution < 1.29 is 27.1 Å². The molecule has 0 spiro atoms. The van der Waals surface area contributed by atoms with Gasteiger partial charge in [-0.1, -0.05) is 35.9 Å². The van der Waals surface area contributed by atoms with E-state index in [-0.39, 0.29) is 45.4 Å². The van der Waals surface area contributed by atoms with Crippen LogP contribution in [0.5, 0.6) is 5.75 Å². The molecule has 1 aromatic heterocycles. The Morgan fingerprint density at radius 1 is 1.11 bits per heavy atom. The molecule has 0 radical (unpaired) electrons. The minimum absolute atomic E-state index is 0.00555. The minimum atomic E-state index is -4.23. The van der Waals surface area contributed by atoms with Crippen LogP contribution in [0.1, 0.15) is 27.4 Å². The number of carbonyl (C=O) groups excluding carboxylic acids is 1. The molecule has 0 saturated carbocycles. The summed E-state index contributed by atoms with van der Waals surface area (Å²) in [5.41, 5.74) is 0.240. The van der Waals surface area contributed by atoms with Crippen LogP contribution < -0.4 is 10.5 Å². The second kappa shape index (κ2) is 10.7. The lowest BCUT2D eigenvalue weighted by molar-refractivity contribution is 0.0948. The van der Waals surface area contributed by atoms with Gasteiger partial charge in [-0.3, -0.25) is 4.79 Å². The number of benzene rings is 3. The number of para-hydroxylation sites is 1. The van der Waals surface area contributed by atoms with Gasteiger partial charge in [-0.2, -0.15) is 5.10 Å². The third-order valence-electron chi connectivity index (χ3n) is 5.68. The summed E-state index contributed by atoms with van der Waals surface area (Å²) in [5.74, 6) is -3.47. The Bertz CT molecular complexity index is 1560. The van der Waals surface area contributed by atoms with Crippen molar-refractivity contribution in [1.29, 1.82) is 0 Å². The van der Waals surface area contributed by atoms with Crippen molar-refractivity contribution in [3.8, 4) is 11.4 Å². The maximum Gasteiger partial charge on any atom is 0.255 e. The molecule has 1 heterocycles. The van der Waals surface area contributed by atoms with Gasteiger partial charge in [0.1, 0.15) is 22.3 Å². The molecule has 0 fully saturated rings. The largest absolute Gasteiger partial charge is 0.507 e. The Balaban J connectivity index is 1.70. The number of phenols is 1. The van der Waals surface area contributed by atoms with E-state index in [1.165, 1.54) is 47.4 Å². The lowest BCUT2D eigenvalue weighted by Crippen LogP contribution is -2.30. The summed E-state index contributed by atoms with van der Waals surface area (Å²) in [6, 6.07) is 13.6. The van der Waals surface area contributed by atoms with Gasteiger partial charge in [-0.25, -0.2) is 27.0 Å². The van der Waals surface area contributed by atoms with Gasteiger partial charge in [-0.05, 0) is 48.4 Å². The van der Waals surface area contributed by atoms with Crippen molar-refractivity contribution in [2.24, 2.45) is 5.14 Å². The predicted molar refractivity (Wildman–Crippen MR) is 133 cm³/mol. The van der Waals surface area contributed by atoms with Crippen LogP contribution in [-0.2, 0) is 16.4 Å². The summed E-state index contributed by atoms with van der Waals surface area (Å²) in [6.45, 7) is -0.216. The van der Waals surface area contributed by atoms with Gasteiger partial charge >= 0.3 is 0 Å². The molecule has 0 saturated heterocycles. The monoisotopic (exact) mass is 546 g/mol. The van der Waals surface area contributed by atoms with Gasteiger partial charge in [0.15, 0.2) is 0 Å². The smallest absolute Gasteiger partial charge is 0.255 e. The molecule has 0 bridgehead atoms. The van der Waals surface area contributed by atoms with Gasteiger partial charge in [-0.15, -0.1) is 0 Å². The van der Waals surface area contributed by atoms with Crippen LogP contribution in [0.25, 0.3) is 5.69 Å². The van der Waals surface area contributed by atoms with E-state index in [1.807, 2.05) is 0 Å². The quantitative estimate of drug-likeness (QED) is 0.309. The number of carbonyl (C=O) groups is 1. The molecule has 4 rings (SSSR count). The second-order valence-corrected chi connectivity index (χ2v) is 10.2. The third-order valence-corrected chi connectivity index (χ3v) is 6.81. The number of nitrogens with one attached hydrogen (secondary N) is 1. The standard InChI is InChI=1S/C25H21ClF2N4O4S/c26-17-13-31-32(14-17)21-9-8-15(11-23(21)37(29,35)36)10-16(24-19(27)5-3-6-20(24)28)12-30-25(34)18-4-1-2-7-22(18)33/h1-9,11,13-14,16,33H,10,12H2,(H,30,34)(H2,29,35,36). The first kappa shape index (κ1) is 26.3. The van der Waals surface area contributed by atoms with E-state index in [2.05, 4.69) is 10.4 Å². The zero-order valence-corrected chi connectivity index (χ0v) is 20.7. The molecular formula is C25H21ClF2N4O4S. The molecule has 1 amide bonds. The summed E-state index contributed by atoms with van der Waals surface area (Å²) in [6.07, 6.45) is 2.67. The first-order valence-electron chi connectivity index (χ1n) is 10.9. The van der Waals surface area contributed by atoms with Gasteiger partial charge in [0.25, 0.3) is 5.91 Å².